The van der Waals surface area contributed by atoms with E-state index in [2.05, 4.69) is 10.3 Å². The molecule has 2 aromatic carbocycles. The summed E-state index contributed by atoms with van der Waals surface area (Å²) >= 11 is 0. The van der Waals surface area contributed by atoms with Crippen LogP contribution in [0, 0.1) is 11.7 Å². The molecular weight excluding hydrogens is 527 g/mol. The van der Waals surface area contributed by atoms with E-state index in [0.29, 0.717) is 37.9 Å². The van der Waals surface area contributed by atoms with Crippen LogP contribution in [0.4, 0.5) is 9.18 Å². The Morgan fingerprint density at radius 1 is 1.05 bits per heavy atom. The van der Waals surface area contributed by atoms with Crippen LogP contribution in [0.5, 0.6) is 5.75 Å². The van der Waals surface area contributed by atoms with E-state index in [-0.39, 0.29) is 42.1 Å². The topological polar surface area (TPSA) is 114 Å². The molecule has 10 heteroatoms. The summed E-state index contributed by atoms with van der Waals surface area (Å²) in [5, 5.41) is 13.3. The minimum Gasteiger partial charge on any atom is -0.505 e. The zero-order chi connectivity index (χ0) is 28.9. The highest BCUT2D eigenvalue weighted by atomic mass is 19.1. The van der Waals surface area contributed by atoms with E-state index in [1.807, 2.05) is 30.3 Å². The van der Waals surface area contributed by atoms with Gasteiger partial charge in [-0.3, -0.25) is 14.6 Å². The number of carbonyl (C=O) groups is 2. The van der Waals surface area contributed by atoms with E-state index in [9.17, 15) is 23.9 Å². The Balaban J connectivity index is 1.37. The van der Waals surface area contributed by atoms with Gasteiger partial charge < -0.3 is 24.6 Å². The van der Waals surface area contributed by atoms with Gasteiger partial charge in [0.25, 0.3) is 11.5 Å². The number of hydrogen-bond acceptors (Lipinski definition) is 6. The summed E-state index contributed by atoms with van der Waals surface area (Å²) < 4.78 is 20.3. The quantitative estimate of drug-likeness (QED) is 0.351. The molecule has 0 saturated carbocycles. The summed E-state index contributed by atoms with van der Waals surface area (Å²) in [5.41, 5.74) is 2.12. The maximum absolute atomic E-state index is 13.6. The SMILES string of the molecule is CNC(=O)c1c(O)c2ncc(Cc3ccc(F)cc3)cc2n(CC2CCN(C(=O)OCc3ccccc3)CC2)c1=O. The molecule has 0 bridgehead atoms. The molecule has 5 rings (SSSR count). The maximum Gasteiger partial charge on any atom is 0.410 e. The normalized spacial score (nSPS) is 13.8. The number of fused-ring (bicyclic) bond motifs is 1. The largest absolute Gasteiger partial charge is 0.505 e. The fourth-order valence-corrected chi connectivity index (χ4v) is 5.16. The van der Waals surface area contributed by atoms with E-state index in [4.69, 9.17) is 4.74 Å². The highest BCUT2D eigenvalue weighted by molar-refractivity contribution is 6.01. The van der Waals surface area contributed by atoms with Gasteiger partial charge in [-0.15, -0.1) is 0 Å². The van der Waals surface area contributed by atoms with Crippen molar-refractivity contribution in [1.82, 2.24) is 19.8 Å². The molecule has 2 amide bonds. The van der Waals surface area contributed by atoms with Crippen molar-refractivity contribution < 1.29 is 23.8 Å². The van der Waals surface area contributed by atoms with Crippen molar-refractivity contribution in [2.75, 3.05) is 20.1 Å². The van der Waals surface area contributed by atoms with Crippen LogP contribution in [0.3, 0.4) is 0 Å². The highest BCUT2D eigenvalue weighted by Gasteiger charge is 2.27. The lowest BCUT2D eigenvalue weighted by atomic mass is 9.96. The third-order valence-corrected chi connectivity index (χ3v) is 7.43. The van der Waals surface area contributed by atoms with Crippen LogP contribution < -0.4 is 10.9 Å². The van der Waals surface area contributed by atoms with E-state index in [1.165, 1.54) is 23.7 Å². The first-order valence-corrected chi connectivity index (χ1v) is 13.5. The van der Waals surface area contributed by atoms with Crippen molar-refractivity contribution in [2.45, 2.75) is 32.4 Å². The van der Waals surface area contributed by atoms with Crippen LogP contribution in [0.2, 0.25) is 0 Å². The second-order valence-corrected chi connectivity index (χ2v) is 10.2. The number of nitrogens with one attached hydrogen (secondary N) is 1. The van der Waals surface area contributed by atoms with Crippen LogP contribution in [0.15, 0.2) is 71.7 Å². The fraction of sp³-hybridized carbons (Fsp3) is 0.290. The maximum atomic E-state index is 13.6. The van der Waals surface area contributed by atoms with E-state index in [1.54, 1.807) is 29.3 Å². The van der Waals surface area contributed by atoms with Gasteiger partial charge in [0.05, 0.1) is 5.52 Å². The van der Waals surface area contributed by atoms with Gasteiger partial charge in [0.2, 0.25) is 0 Å². The van der Waals surface area contributed by atoms with Gasteiger partial charge in [-0.2, -0.15) is 0 Å². The zero-order valence-electron chi connectivity index (χ0n) is 22.7. The number of rotatable bonds is 7. The first-order chi connectivity index (χ1) is 19.8. The Kier molecular flexibility index (Phi) is 8.28. The van der Waals surface area contributed by atoms with Gasteiger partial charge in [-0.05, 0) is 60.1 Å². The molecule has 0 aliphatic carbocycles. The fourth-order valence-electron chi connectivity index (χ4n) is 5.16. The lowest BCUT2D eigenvalue weighted by Crippen LogP contribution is -2.41. The summed E-state index contributed by atoms with van der Waals surface area (Å²) in [6.07, 6.45) is 2.91. The van der Waals surface area contributed by atoms with Crippen LogP contribution in [0.25, 0.3) is 11.0 Å². The first kappa shape index (κ1) is 27.8. The van der Waals surface area contributed by atoms with Gasteiger partial charge in [-0.1, -0.05) is 42.5 Å². The Bertz CT molecular complexity index is 1610. The number of benzene rings is 2. The summed E-state index contributed by atoms with van der Waals surface area (Å²) in [5.74, 6) is -1.46. The molecule has 1 aliphatic rings. The molecule has 2 N–H and O–H groups in total. The van der Waals surface area contributed by atoms with Crippen molar-refractivity contribution in [2.24, 2.45) is 5.92 Å². The Hall–Kier alpha value is -4.73. The number of halogens is 1. The molecule has 1 aliphatic heterocycles. The third kappa shape index (κ3) is 6.21. The number of hydrogen-bond donors (Lipinski definition) is 2. The monoisotopic (exact) mass is 558 g/mol. The first-order valence-electron chi connectivity index (χ1n) is 13.5. The number of carbonyl (C=O) groups excluding carboxylic acids is 2. The second kappa shape index (κ2) is 12.2. The molecule has 1 saturated heterocycles. The zero-order valence-corrected chi connectivity index (χ0v) is 22.7. The Morgan fingerprint density at radius 3 is 2.44 bits per heavy atom. The average molecular weight is 559 g/mol. The molecule has 1 fully saturated rings. The predicted octanol–water partition coefficient (Wildman–Crippen LogP) is 4.24. The number of nitrogens with zero attached hydrogens (tertiary/aromatic N) is 3. The summed E-state index contributed by atoms with van der Waals surface area (Å²) in [4.78, 5) is 44.8. The van der Waals surface area contributed by atoms with Crippen molar-refractivity contribution in [3.8, 4) is 5.75 Å². The van der Waals surface area contributed by atoms with Crippen molar-refractivity contribution in [3.63, 3.8) is 0 Å². The Labute approximate surface area is 236 Å². The van der Waals surface area contributed by atoms with E-state index >= 15 is 0 Å². The van der Waals surface area contributed by atoms with E-state index < -0.39 is 17.2 Å². The standard InChI is InChI=1S/C31H31FN4O5/c1-33-29(38)26-28(37)27-25(16-23(17-34-27)15-20-7-9-24(32)10-8-20)36(30(26)39)18-21-11-13-35(14-12-21)31(40)41-19-22-5-3-2-4-6-22/h2-10,16-17,21,37H,11-15,18-19H2,1H3,(H,33,38). The average Bonchev–Trinajstić information content (AvgIpc) is 3.00. The third-order valence-electron chi connectivity index (χ3n) is 7.43. The minimum absolute atomic E-state index is 0.0388. The van der Waals surface area contributed by atoms with Crippen molar-refractivity contribution in [3.05, 3.63) is 105 Å². The molecule has 0 radical (unpaired) electrons. The molecule has 3 heterocycles. The lowest BCUT2D eigenvalue weighted by Gasteiger charge is -2.32. The van der Waals surface area contributed by atoms with Gasteiger partial charge in [0.1, 0.15) is 23.5 Å². The number of amides is 2. The van der Waals surface area contributed by atoms with Crippen LogP contribution >= 0.6 is 0 Å². The van der Waals surface area contributed by atoms with Crippen molar-refractivity contribution >= 4 is 23.0 Å². The van der Waals surface area contributed by atoms with Crippen LogP contribution in [-0.4, -0.2) is 51.7 Å². The second-order valence-electron chi connectivity index (χ2n) is 10.2. The molecular formula is C31H31FN4O5. The molecule has 4 aromatic rings. The summed E-state index contributed by atoms with van der Waals surface area (Å²) in [7, 11) is 1.39. The van der Waals surface area contributed by atoms with E-state index in [0.717, 1.165) is 16.7 Å². The molecule has 212 valence electrons. The predicted molar refractivity (Wildman–Crippen MR) is 151 cm³/mol. The number of aromatic nitrogens is 2. The van der Waals surface area contributed by atoms with Crippen LogP contribution in [-0.2, 0) is 24.3 Å². The van der Waals surface area contributed by atoms with Gasteiger partial charge in [-0.25, -0.2) is 9.18 Å². The molecule has 0 atom stereocenters. The lowest BCUT2D eigenvalue weighted by molar-refractivity contribution is 0.0806. The van der Waals surface area contributed by atoms with Crippen LogP contribution in [0.1, 0.15) is 39.9 Å². The Morgan fingerprint density at radius 2 is 1.76 bits per heavy atom. The van der Waals surface area contributed by atoms with Gasteiger partial charge in [0, 0.05) is 32.9 Å². The highest BCUT2D eigenvalue weighted by Crippen LogP contribution is 2.28. The number of likely N-dealkylation sites (tertiary alicyclic amines) is 1. The summed E-state index contributed by atoms with van der Waals surface area (Å²) in [6, 6.07) is 17.4. The minimum atomic E-state index is -0.698. The molecule has 2 aromatic heterocycles. The van der Waals surface area contributed by atoms with Gasteiger partial charge >= 0.3 is 6.09 Å². The summed E-state index contributed by atoms with van der Waals surface area (Å²) in [6.45, 7) is 1.43. The molecule has 9 nitrogen and oxygen atoms in total. The number of aromatic hydroxyl groups is 1. The smallest absolute Gasteiger partial charge is 0.410 e. The number of ether oxygens (including phenoxy) is 1. The molecule has 0 unspecified atom stereocenters. The molecule has 0 spiro atoms. The number of piperidine rings is 1. The molecule has 41 heavy (non-hydrogen) atoms. The van der Waals surface area contributed by atoms with Gasteiger partial charge in [0.15, 0.2) is 5.75 Å². The number of pyridine rings is 2. The van der Waals surface area contributed by atoms with Crippen molar-refractivity contribution in [1.29, 1.82) is 0 Å².